The van der Waals surface area contributed by atoms with Crippen LogP contribution in [0.3, 0.4) is 0 Å². The van der Waals surface area contributed by atoms with Crippen molar-refractivity contribution in [3.8, 4) is 0 Å². The Morgan fingerprint density at radius 1 is 1.41 bits per heavy atom. The molecule has 0 aliphatic carbocycles. The molecule has 27 heavy (non-hydrogen) atoms. The van der Waals surface area contributed by atoms with Crippen molar-refractivity contribution in [2.45, 2.75) is 39.2 Å². The first-order valence-corrected chi connectivity index (χ1v) is 10.3. The van der Waals surface area contributed by atoms with Gasteiger partial charge in [-0.25, -0.2) is 4.79 Å². The average molecular weight is 405 g/mol. The van der Waals surface area contributed by atoms with E-state index in [1.807, 2.05) is 26.0 Å². The van der Waals surface area contributed by atoms with Gasteiger partial charge in [-0.05, 0) is 54.5 Å². The minimum atomic E-state index is -1.02. The van der Waals surface area contributed by atoms with Gasteiger partial charge in [0.25, 0.3) is 5.91 Å². The first kappa shape index (κ1) is 19.9. The monoisotopic (exact) mass is 404 g/mol. The van der Waals surface area contributed by atoms with Crippen LogP contribution in [-0.4, -0.2) is 45.8 Å². The molecular formula is C20H24N2O3S2. The number of thiocarbonyl (C=S) groups is 1. The molecule has 1 aromatic carbocycles. The van der Waals surface area contributed by atoms with E-state index in [4.69, 9.17) is 12.2 Å². The van der Waals surface area contributed by atoms with Crippen molar-refractivity contribution in [3.05, 3.63) is 34.2 Å². The van der Waals surface area contributed by atoms with E-state index in [1.54, 1.807) is 0 Å². The number of hydrogen-bond donors (Lipinski definition) is 1. The number of benzene rings is 1. The molecule has 0 aromatic heterocycles. The number of amides is 1. The predicted octanol–water partition coefficient (Wildman–Crippen LogP) is 3.77. The van der Waals surface area contributed by atoms with Gasteiger partial charge in [-0.3, -0.25) is 9.69 Å². The minimum absolute atomic E-state index is 0.150. The Morgan fingerprint density at radius 3 is 2.81 bits per heavy atom. The lowest BCUT2D eigenvalue weighted by atomic mass is 9.99. The average Bonchev–Trinajstić information content (AvgIpc) is 2.86. The SMILES string of the molecule is CC(C)CC(C(=O)O)N1C(=O)/C(=C/c2ccc3c(c2)CCCN3C)SC1=S. The Labute approximate surface area is 169 Å². The molecule has 0 spiro atoms. The lowest BCUT2D eigenvalue weighted by Crippen LogP contribution is -2.44. The molecule has 0 radical (unpaired) electrons. The highest BCUT2D eigenvalue weighted by molar-refractivity contribution is 8.26. The Kier molecular flexibility index (Phi) is 5.91. The van der Waals surface area contributed by atoms with E-state index in [1.165, 1.54) is 27.9 Å². The number of aliphatic carboxylic acids is 1. The van der Waals surface area contributed by atoms with Crippen LogP contribution in [0.25, 0.3) is 6.08 Å². The number of carboxylic acids is 1. The lowest BCUT2D eigenvalue weighted by Gasteiger charge is -2.27. The normalized spacial score (nSPS) is 19.8. The van der Waals surface area contributed by atoms with Crippen LogP contribution in [0.1, 0.15) is 37.8 Å². The first-order chi connectivity index (χ1) is 12.8. The van der Waals surface area contributed by atoms with Crippen LogP contribution in [0.2, 0.25) is 0 Å². The maximum absolute atomic E-state index is 12.9. The maximum atomic E-state index is 12.9. The zero-order valence-corrected chi connectivity index (χ0v) is 17.4. The van der Waals surface area contributed by atoms with E-state index in [-0.39, 0.29) is 11.8 Å². The molecule has 2 aliphatic heterocycles. The van der Waals surface area contributed by atoms with Gasteiger partial charge in [-0.2, -0.15) is 0 Å². The summed E-state index contributed by atoms with van der Waals surface area (Å²) in [6.45, 7) is 4.93. The summed E-state index contributed by atoms with van der Waals surface area (Å²) in [6.07, 6.45) is 4.34. The summed E-state index contributed by atoms with van der Waals surface area (Å²) in [7, 11) is 2.09. The number of carbonyl (C=O) groups excluding carboxylic acids is 1. The summed E-state index contributed by atoms with van der Waals surface area (Å²) < 4.78 is 0.317. The van der Waals surface area contributed by atoms with Crippen molar-refractivity contribution >= 4 is 51.9 Å². The van der Waals surface area contributed by atoms with Crippen molar-refractivity contribution in [2.75, 3.05) is 18.5 Å². The molecule has 1 unspecified atom stereocenters. The van der Waals surface area contributed by atoms with Crippen molar-refractivity contribution in [2.24, 2.45) is 5.92 Å². The van der Waals surface area contributed by atoms with Crippen molar-refractivity contribution in [3.63, 3.8) is 0 Å². The van der Waals surface area contributed by atoms with Crippen LogP contribution < -0.4 is 4.90 Å². The second kappa shape index (κ2) is 8.02. The Bertz CT molecular complexity index is 819. The van der Waals surface area contributed by atoms with E-state index < -0.39 is 12.0 Å². The fraction of sp³-hybridized carbons (Fsp3) is 0.450. The highest BCUT2D eigenvalue weighted by Crippen LogP contribution is 2.36. The molecule has 1 saturated heterocycles. The highest BCUT2D eigenvalue weighted by atomic mass is 32.2. The Hall–Kier alpha value is -1.86. The number of fused-ring (bicyclic) bond motifs is 1. The molecule has 2 heterocycles. The fourth-order valence-corrected chi connectivity index (χ4v) is 4.91. The van der Waals surface area contributed by atoms with E-state index in [2.05, 4.69) is 24.1 Å². The number of nitrogens with zero attached hydrogens (tertiary/aromatic N) is 2. The van der Waals surface area contributed by atoms with Gasteiger partial charge >= 0.3 is 5.97 Å². The third kappa shape index (κ3) is 4.19. The molecule has 2 aliphatic rings. The van der Waals surface area contributed by atoms with Crippen LogP contribution >= 0.6 is 24.0 Å². The van der Waals surface area contributed by atoms with Gasteiger partial charge in [0, 0.05) is 19.3 Å². The zero-order chi connectivity index (χ0) is 19.7. The molecule has 144 valence electrons. The fourth-order valence-electron chi connectivity index (χ4n) is 3.56. The second-order valence-electron chi connectivity index (χ2n) is 7.45. The molecule has 1 N–H and O–H groups in total. The number of hydrogen-bond acceptors (Lipinski definition) is 5. The maximum Gasteiger partial charge on any atom is 0.326 e. The van der Waals surface area contributed by atoms with Crippen LogP contribution in [0.5, 0.6) is 0 Å². The molecule has 1 amide bonds. The summed E-state index contributed by atoms with van der Waals surface area (Å²) in [4.78, 5) is 28.5. The molecule has 1 fully saturated rings. The Morgan fingerprint density at radius 2 is 2.15 bits per heavy atom. The third-order valence-corrected chi connectivity index (χ3v) is 6.20. The summed E-state index contributed by atoms with van der Waals surface area (Å²) in [5, 5.41) is 9.56. The molecule has 1 atom stereocenters. The van der Waals surface area contributed by atoms with E-state index in [0.717, 1.165) is 24.9 Å². The van der Waals surface area contributed by atoms with Crippen molar-refractivity contribution in [1.29, 1.82) is 0 Å². The van der Waals surface area contributed by atoms with Crippen LogP contribution in [-0.2, 0) is 16.0 Å². The summed E-state index contributed by atoms with van der Waals surface area (Å²) in [6, 6.07) is 5.27. The van der Waals surface area contributed by atoms with Gasteiger partial charge in [-0.15, -0.1) is 0 Å². The largest absolute Gasteiger partial charge is 0.480 e. The minimum Gasteiger partial charge on any atom is -0.480 e. The number of aryl methyl sites for hydroxylation is 1. The number of rotatable bonds is 5. The van der Waals surface area contributed by atoms with Gasteiger partial charge in [0.05, 0.1) is 4.91 Å². The van der Waals surface area contributed by atoms with Gasteiger partial charge in [-0.1, -0.05) is 43.9 Å². The van der Waals surface area contributed by atoms with Gasteiger partial charge in [0.1, 0.15) is 10.4 Å². The summed E-state index contributed by atoms with van der Waals surface area (Å²) in [5.41, 5.74) is 3.45. The molecule has 1 aromatic rings. The lowest BCUT2D eigenvalue weighted by molar-refractivity contribution is -0.145. The summed E-state index contributed by atoms with van der Waals surface area (Å²) in [5.74, 6) is -1.18. The first-order valence-electron chi connectivity index (χ1n) is 9.12. The van der Waals surface area contributed by atoms with Gasteiger partial charge in [0.15, 0.2) is 0 Å². The van der Waals surface area contributed by atoms with Gasteiger partial charge < -0.3 is 10.0 Å². The molecule has 7 heteroatoms. The molecule has 0 bridgehead atoms. The van der Waals surface area contributed by atoms with Crippen LogP contribution in [0.15, 0.2) is 23.1 Å². The molecule has 5 nitrogen and oxygen atoms in total. The van der Waals surface area contributed by atoms with Crippen LogP contribution in [0.4, 0.5) is 5.69 Å². The van der Waals surface area contributed by atoms with E-state index in [0.29, 0.717) is 15.6 Å². The van der Waals surface area contributed by atoms with E-state index >= 15 is 0 Å². The predicted molar refractivity (Wildman–Crippen MR) is 114 cm³/mol. The summed E-state index contributed by atoms with van der Waals surface area (Å²) >= 11 is 6.51. The second-order valence-corrected chi connectivity index (χ2v) is 9.12. The smallest absolute Gasteiger partial charge is 0.326 e. The number of carboxylic acid groups (broad SMARTS) is 1. The number of anilines is 1. The van der Waals surface area contributed by atoms with Crippen molar-refractivity contribution < 1.29 is 14.7 Å². The number of carbonyl (C=O) groups is 2. The van der Waals surface area contributed by atoms with Crippen molar-refractivity contribution in [1.82, 2.24) is 4.90 Å². The van der Waals surface area contributed by atoms with Crippen LogP contribution in [0, 0.1) is 5.92 Å². The Balaban J connectivity index is 1.87. The topological polar surface area (TPSA) is 60.9 Å². The third-order valence-electron chi connectivity index (χ3n) is 4.87. The zero-order valence-electron chi connectivity index (χ0n) is 15.8. The van der Waals surface area contributed by atoms with Gasteiger partial charge in [0.2, 0.25) is 0 Å². The molecular weight excluding hydrogens is 380 g/mol. The molecule has 0 saturated carbocycles. The molecule has 3 rings (SSSR count). The number of thioether (sulfide) groups is 1. The standard InChI is InChI=1S/C20H24N2O3S2/c1-12(2)9-16(19(24)25)22-18(23)17(27-20(22)26)11-13-6-7-15-14(10-13)5-4-8-21(15)3/h6-7,10-12,16H,4-5,8-9H2,1-3H3,(H,24,25)/b17-11-. The highest BCUT2D eigenvalue weighted by Gasteiger charge is 2.40. The van der Waals surface area contributed by atoms with E-state index in [9.17, 15) is 14.7 Å². The quantitative estimate of drug-likeness (QED) is 0.595.